The Labute approximate surface area is 168 Å². The van der Waals surface area contributed by atoms with Crippen molar-refractivity contribution in [3.05, 3.63) is 53.0 Å². The van der Waals surface area contributed by atoms with Crippen LogP contribution in [-0.2, 0) is 30.7 Å². The average molecular weight is 414 g/mol. The molecule has 2 bridgehead atoms. The zero-order valence-corrected chi connectivity index (χ0v) is 17.1. The Bertz CT molecular complexity index is 1250. The van der Waals surface area contributed by atoms with E-state index in [1.165, 1.54) is 17.1 Å². The molecular weight excluding hydrogens is 392 g/mol. The standard InChI is InChI=1S/C19H22N6O3S/c1-22-6-5-20-18(22)16-3-4-17-14-7-13(10-25(17)19(16)26)9-24(11-14)29(27,28)15-8-21-23(2)12-15/h3-6,8,12-14H,7,9-11H2,1-2H3/t13-,14+/m0/s1. The van der Waals surface area contributed by atoms with Gasteiger partial charge >= 0.3 is 0 Å². The minimum atomic E-state index is -3.60. The van der Waals surface area contributed by atoms with E-state index in [-0.39, 0.29) is 22.3 Å². The predicted molar refractivity (Wildman–Crippen MR) is 106 cm³/mol. The second kappa shape index (κ2) is 6.39. The number of hydrogen-bond donors (Lipinski definition) is 0. The van der Waals surface area contributed by atoms with Crippen molar-refractivity contribution in [2.45, 2.75) is 23.8 Å². The molecule has 9 nitrogen and oxygen atoms in total. The van der Waals surface area contributed by atoms with Gasteiger partial charge in [-0.25, -0.2) is 13.4 Å². The lowest BCUT2D eigenvalue weighted by molar-refractivity contribution is 0.186. The molecule has 2 aliphatic rings. The molecule has 152 valence electrons. The molecule has 1 fully saturated rings. The molecule has 5 rings (SSSR count). The summed E-state index contributed by atoms with van der Waals surface area (Å²) in [4.78, 5) is 17.7. The summed E-state index contributed by atoms with van der Waals surface area (Å²) in [6, 6.07) is 3.76. The van der Waals surface area contributed by atoms with Crippen LogP contribution in [-0.4, -0.2) is 49.7 Å². The Morgan fingerprint density at radius 1 is 1.14 bits per heavy atom. The van der Waals surface area contributed by atoms with Crippen LogP contribution in [0.4, 0.5) is 0 Å². The largest absolute Gasteiger partial charge is 0.334 e. The van der Waals surface area contributed by atoms with Crippen molar-refractivity contribution in [3.63, 3.8) is 0 Å². The first-order chi connectivity index (χ1) is 13.8. The maximum absolute atomic E-state index is 13.2. The quantitative estimate of drug-likeness (QED) is 0.632. The lowest BCUT2D eigenvalue weighted by atomic mass is 9.84. The molecule has 29 heavy (non-hydrogen) atoms. The van der Waals surface area contributed by atoms with Crippen molar-refractivity contribution in [1.82, 2.24) is 28.2 Å². The normalized spacial score (nSPS) is 21.9. The summed E-state index contributed by atoms with van der Waals surface area (Å²) in [6.07, 6.45) is 7.29. The van der Waals surface area contributed by atoms with Crippen LogP contribution in [0.2, 0.25) is 0 Å². The highest BCUT2D eigenvalue weighted by Crippen LogP contribution is 2.37. The van der Waals surface area contributed by atoms with E-state index < -0.39 is 10.0 Å². The fraction of sp³-hybridized carbons (Fsp3) is 0.421. The Morgan fingerprint density at radius 2 is 1.97 bits per heavy atom. The van der Waals surface area contributed by atoms with E-state index >= 15 is 0 Å². The second-order valence-corrected chi connectivity index (χ2v) is 9.86. The fourth-order valence-electron chi connectivity index (χ4n) is 4.57. The van der Waals surface area contributed by atoms with E-state index in [9.17, 15) is 13.2 Å². The lowest BCUT2D eigenvalue weighted by Gasteiger charge is -2.42. The van der Waals surface area contributed by atoms with Gasteiger partial charge in [0.2, 0.25) is 10.0 Å². The zero-order valence-electron chi connectivity index (χ0n) is 16.3. The molecule has 3 aromatic heterocycles. The van der Waals surface area contributed by atoms with Gasteiger partial charge in [0.15, 0.2) is 0 Å². The summed E-state index contributed by atoms with van der Waals surface area (Å²) >= 11 is 0. The maximum Gasteiger partial charge on any atom is 0.261 e. The third kappa shape index (κ3) is 2.85. The van der Waals surface area contributed by atoms with Gasteiger partial charge < -0.3 is 9.13 Å². The fourth-order valence-corrected chi connectivity index (χ4v) is 6.12. The molecule has 0 N–H and O–H groups in total. The molecule has 0 unspecified atom stereocenters. The van der Waals surface area contributed by atoms with Crippen molar-refractivity contribution in [3.8, 4) is 11.4 Å². The number of piperidine rings is 1. The van der Waals surface area contributed by atoms with E-state index in [2.05, 4.69) is 10.1 Å². The molecule has 0 aliphatic carbocycles. The van der Waals surface area contributed by atoms with Crippen molar-refractivity contribution in [2.75, 3.05) is 13.1 Å². The summed E-state index contributed by atoms with van der Waals surface area (Å²) < 4.78 is 32.8. The average Bonchev–Trinajstić information content (AvgIpc) is 3.31. The first-order valence-electron chi connectivity index (χ1n) is 9.55. The summed E-state index contributed by atoms with van der Waals surface area (Å²) in [6.45, 7) is 1.29. The van der Waals surface area contributed by atoms with Gasteiger partial charge in [0.1, 0.15) is 10.7 Å². The first kappa shape index (κ1) is 18.3. The molecule has 0 amide bonds. The Balaban J connectivity index is 1.51. The summed E-state index contributed by atoms with van der Waals surface area (Å²) in [7, 11) is -0.0328. The van der Waals surface area contributed by atoms with Gasteiger partial charge in [-0.1, -0.05) is 0 Å². The molecule has 1 saturated heterocycles. The van der Waals surface area contributed by atoms with Crippen LogP contribution in [0.5, 0.6) is 0 Å². The van der Waals surface area contributed by atoms with Crippen LogP contribution in [0.15, 0.2) is 46.6 Å². The van der Waals surface area contributed by atoms with Gasteiger partial charge in [0, 0.05) is 63.9 Å². The number of fused-ring (bicyclic) bond motifs is 4. The van der Waals surface area contributed by atoms with E-state index in [1.54, 1.807) is 17.5 Å². The summed E-state index contributed by atoms with van der Waals surface area (Å²) in [5.41, 5.74) is 1.41. The van der Waals surface area contributed by atoms with Crippen LogP contribution < -0.4 is 5.56 Å². The molecule has 0 aromatic carbocycles. The van der Waals surface area contributed by atoms with Gasteiger partial charge in [-0.2, -0.15) is 9.40 Å². The van der Waals surface area contributed by atoms with Crippen molar-refractivity contribution < 1.29 is 8.42 Å². The number of nitrogens with zero attached hydrogens (tertiary/aromatic N) is 6. The Morgan fingerprint density at radius 3 is 2.66 bits per heavy atom. The Hall–Kier alpha value is -2.72. The van der Waals surface area contributed by atoms with E-state index in [1.807, 2.05) is 34.5 Å². The SMILES string of the molecule is Cn1cc(S(=O)(=O)N2C[C@@H]3C[C@H](C2)c2ccc(-c4nccn4C)c(=O)n2C3)cn1. The molecule has 0 spiro atoms. The van der Waals surface area contributed by atoms with Gasteiger partial charge in [-0.05, 0) is 24.5 Å². The highest BCUT2D eigenvalue weighted by Gasteiger charge is 2.40. The highest BCUT2D eigenvalue weighted by molar-refractivity contribution is 7.89. The smallest absolute Gasteiger partial charge is 0.261 e. The molecule has 10 heteroatoms. The number of aryl methyl sites for hydroxylation is 2. The van der Waals surface area contributed by atoms with Gasteiger partial charge in [0.05, 0.1) is 11.8 Å². The molecule has 0 radical (unpaired) electrons. The van der Waals surface area contributed by atoms with Gasteiger partial charge in [0.25, 0.3) is 5.56 Å². The monoisotopic (exact) mass is 414 g/mol. The van der Waals surface area contributed by atoms with Crippen LogP contribution in [0.3, 0.4) is 0 Å². The number of pyridine rings is 1. The van der Waals surface area contributed by atoms with Gasteiger partial charge in [-0.15, -0.1) is 0 Å². The number of rotatable bonds is 3. The van der Waals surface area contributed by atoms with Crippen LogP contribution in [0, 0.1) is 5.92 Å². The number of sulfonamides is 1. The minimum absolute atomic E-state index is 0.00271. The third-order valence-electron chi connectivity index (χ3n) is 5.95. The molecule has 2 aliphatic heterocycles. The number of hydrogen-bond acceptors (Lipinski definition) is 5. The van der Waals surface area contributed by atoms with Crippen LogP contribution in [0.25, 0.3) is 11.4 Å². The van der Waals surface area contributed by atoms with Crippen molar-refractivity contribution >= 4 is 10.0 Å². The molecular formula is C19H22N6O3S. The molecule has 2 atom stereocenters. The maximum atomic E-state index is 13.2. The van der Waals surface area contributed by atoms with Crippen LogP contribution >= 0.6 is 0 Å². The lowest BCUT2D eigenvalue weighted by Crippen LogP contribution is -2.49. The number of imidazole rings is 1. The molecule has 3 aromatic rings. The molecule has 0 saturated carbocycles. The van der Waals surface area contributed by atoms with Crippen LogP contribution in [0.1, 0.15) is 18.0 Å². The number of aromatic nitrogens is 5. The van der Waals surface area contributed by atoms with E-state index in [0.29, 0.717) is 31.0 Å². The Kier molecular flexibility index (Phi) is 4.04. The minimum Gasteiger partial charge on any atom is -0.334 e. The summed E-state index contributed by atoms with van der Waals surface area (Å²) in [5.74, 6) is 0.737. The predicted octanol–water partition coefficient (Wildman–Crippen LogP) is 0.790. The second-order valence-electron chi connectivity index (χ2n) is 7.92. The van der Waals surface area contributed by atoms with E-state index in [4.69, 9.17) is 0 Å². The first-order valence-corrected chi connectivity index (χ1v) is 11.0. The molecule has 5 heterocycles. The van der Waals surface area contributed by atoms with Crippen molar-refractivity contribution in [2.24, 2.45) is 20.0 Å². The van der Waals surface area contributed by atoms with Gasteiger partial charge in [-0.3, -0.25) is 9.48 Å². The zero-order chi connectivity index (χ0) is 20.3. The third-order valence-corrected chi connectivity index (χ3v) is 7.74. The van der Waals surface area contributed by atoms with Crippen molar-refractivity contribution in [1.29, 1.82) is 0 Å². The topological polar surface area (TPSA) is 95.0 Å². The summed E-state index contributed by atoms with van der Waals surface area (Å²) in [5, 5.41) is 4.00. The van der Waals surface area contributed by atoms with E-state index in [0.717, 1.165) is 12.1 Å². The highest BCUT2D eigenvalue weighted by atomic mass is 32.2.